The molecular weight excluding hydrogens is 214 g/mol. The van der Waals surface area contributed by atoms with Crippen LogP contribution in [0, 0.1) is 0 Å². The van der Waals surface area contributed by atoms with E-state index >= 15 is 0 Å². The number of H-pyrrole nitrogens is 1. The number of aromatic nitrogens is 2. The number of aromatic amines is 1. The quantitative estimate of drug-likeness (QED) is 0.791. The van der Waals surface area contributed by atoms with Crippen molar-refractivity contribution >= 4 is 0 Å². The van der Waals surface area contributed by atoms with Gasteiger partial charge in [0.15, 0.2) is 0 Å². The van der Waals surface area contributed by atoms with Crippen LogP contribution in [0.2, 0.25) is 0 Å². The predicted molar refractivity (Wildman–Crippen MR) is 67.5 cm³/mol. The van der Waals surface area contributed by atoms with E-state index in [-0.39, 0.29) is 5.60 Å². The van der Waals surface area contributed by atoms with Gasteiger partial charge in [0, 0.05) is 25.0 Å². The molecule has 1 aromatic heterocycles. The number of hydrogen-bond donors (Lipinski definition) is 2. The van der Waals surface area contributed by atoms with E-state index in [1.54, 1.807) is 0 Å². The molecule has 1 aliphatic rings. The number of nitrogens with zero attached hydrogens (tertiary/aromatic N) is 1. The summed E-state index contributed by atoms with van der Waals surface area (Å²) in [6, 6.07) is 0. The summed E-state index contributed by atoms with van der Waals surface area (Å²) in [7, 11) is 0. The summed E-state index contributed by atoms with van der Waals surface area (Å²) in [6.45, 7) is 3.30. The molecule has 1 aromatic rings. The largest absolute Gasteiger partial charge is 0.367 e. The molecule has 0 bridgehead atoms. The Labute approximate surface area is 103 Å². The summed E-state index contributed by atoms with van der Waals surface area (Å²) in [5.74, 6) is 0.974. The van der Waals surface area contributed by atoms with E-state index in [9.17, 15) is 0 Å². The smallest absolute Gasteiger partial charge is 0.138 e. The number of hydrogen-bond acceptors (Lipinski definition) is 3. The standard InChI is InChI=1S/C13H23N3O/c1-2-17-13(7-5-3-4-6-8-13)12-15-10-11(9-14)16-12/h10H,2-9,14H2,1H3,(H,15,16). The topological polar surface area (TPSA) is 63.9 Å². The zero-order valence-corrected chi connectivity index (χ0v) is 10.7. The zero-order valence-electron chi connectivity index (χ0n) is 10.7. The summed E-state index contributed by atoms with van der Waals surface area (Å²) in [5.41, 5.74) is 6.42. The minimum Gasteiger partial charge on any atom is -0.367 e. The zero-order chi connectivity index (χ0) is 12.1. The highest BCUT2D eigenvalue weighted by Gasteiger charge is 2.36. The van der Waals surface area contributed by atoms with Gasteiger partial charge in [0.25, 0.3) is 0 Å². The van der Waals surface area contributed by atoms with Gasteiger partial charge in [-0.25, -0.2) is 4.98 Å². The highest BCUT2D eigenvalue weighted by atomic mass is 16.5. The molecule has 1 saturated carbocycles. The first-order valence-electron chi connectivity index (χ1n) is 6.69. The van der Waals surface area contributed by atoms with Gasteiger partial charge in [-0.05, 0) is 19.8 Å². The lowest BCUT2D eigenvalue weighted by molar-refractivity contribution is -0.0619. The maximum absolute atomic E-state index is 6.06. The average Bonchev–Trinajstić information content (AvgIpc) is 2.71. The second-order valence-corrected chi connectivity index (χ2v) is 4.80. The normalized spacial score (nSPS) is 20.1. The van der Waals surface area contributed by atoms with Crippen LogP contribution in [0.25, 0.3) is 0 Å². The van der Waals surface area contributed by atoms with Gasteiger partial charge in [-0.15, -0.1) is 0 Å². The highest BCUT2D eigenvalue weighted by molar-refractivity contribution is 5.09. The molecule has 3 N–H and O–H groups in total. The highest BCUT2D eigenvalue weighted by Crippen LogP contribution is 2.37. The second kappa shape index (κ2) is 5.65. The third kappa shape index (κ3) is 2.69. The Morgan fingerprint density at radius 1 is 1.35 bits per heavy atom. The molecule has 0 saturated heterocycles. The Balaban J connectivity index is 2.24. The van der Waals surface area contributed by atoms with Crippen molar-refractivity contribution in [3.05, 3.63) is 17.7 Å². The van der Waals surface area contributed by atoms with Gasteiger partial charge in [-0.2, -0.15) is 0 Å². The SMILES string of the molecule is CCOC1(c2ncc(CN)[nH]2)CCCCCC1. The third-order valence-corrected chi connectivity index (χ3v) is 3.61. The average molecular weight is 237 g/mol. The Morgan fingerprint density at radius 3 is 2.59 bits per heavy atom. The second-order valence-electron chi connectivity index (χ2n) is 4.80. The fourth-order valence-electron chi connectivity index (χ4n) is 2.72. The van der Waals surface area contributed by atoms with Gasteiger partial charge < -0.3 is 15.5 Å². The van der Waals surface area contributed by atoms with E-state index in [0.717, 1.165) is 31.0 Å². The van der Waals surface area contributed by atoms with Crippen LogP contribution < -0.4 is 5.73 Å². The van der Waals surface area contributed by atoms with E-state index < -0.39 is 0 Å². The molecule has 0 spiro atoms. The van der Waals surface area contributed by atoms with Crippen molar-refractivity contribution in [3.8, 4) is 0 Å². The van der Waals surface area contributed by atoms with Gasteiger partial charge in [-0.1, -0.05) is 25.7 Å². The third-order valence-electron chi connectivity index (χ3n) is 3.61. The molecule has 1 heterocycles. The number of nitrogens with one attached hydrogen (secondary N) is 1. The van der Waals surface area contributed by atoms with Gasteiger partial charge in [0.05, 0.1) is 0 Å². The van der Waals surface area contributed by atoms with Crippen LogP contribution in [0.3, 0.4) is 0 Å². The van der Waals surface area contributed by atoms with Crippen LogP contribution in [0.1, 0.15) is 57.0 Å². The Morgan fingerprint density at radius 2 is 2.06 bits per heavy atom. The summed E-state index contributed by atoms with van der Waals surface area (Å²) in [6.07, 6.45) is 9.02. The van der Waals surface area contributed by atoms with Crippen LogP contribution in [0.4, 0.5) is 0 Å². The van der Waals surface area contributed by atoms with Crippen molar-refractivity contribution in [2.24, 2.45) is 5.73 Å². The van der Waals surface area contributed by atoms with Crippen LogP contribution >= 0.6 is 0 Å². The minimum atomic E-state index is -0.196. The molecule has 0 aliphatic heterocycles. The first kappa shape index (κ1) is 12.6. The maximum atomic E-state index is 6.06. The van der Waals surface area contributed by atoms with Crippen LogP contribution in [-0.2, 0) is 16.9 Å². The van der Waals surface area contributed by atoms with E-state index in [1.165, 1.54) is 25.7 Å². The van der Waals surface area contributed by atoms with Crippen molar-refractivity contribution in [3.63, 3.8) is 0 Å². The van der Waals surface area contributed by atoms with Gasteiger partial charge >= 0.3 is 0 Å². The molecule has 4 nitrogen and oxygen atoms in total. The monoisotopic (exact) mass is 237 g/mol. The van der Waals surface area contributed by atoms with Crippen molar-refractivity contribution in [2.45, 2.75) is 57.6 Å². The van der Waals surface area contributed by atoms with Gasteiger partial charge in [-0.3, -0.25) is 0 Å². The predicted octanol–water partition coefficient (Wildman–Crippen LogP) is 2.45. The molecule has 1 aliphatic carbocycles. The van der Waals surface area contributed by atoms with E-state index in [2.05, 4.69) is 16.9 Å². The number of ether oxygens (including phenoxy) is 1. The molecule has 0 amide bonds. The van der Waals surface area contributed by atoms with Crippen molar-refractivity contribution in [2.75, 3.05) is 6.61 Å². The number of nitrogens with two attached hydrogens (primary N) is 1. The number of imidazole rings is 1. The molecule has 0 unspecified atom stereocenters. The molecular formula is C13H23N3O. The Bertz CT molecular complexity index is 340. The van der Waals surface area contributed by atoms with E-state index in [1.807, 2.05) is 6.20 Å². The molecule has 0 radical (unpaired) electrons. The minimum absolute atomic E-state index is 0.196. The molecule has 17 heavy (non-hydrogen) atoms. The van der Waals surface area contributed by atoms with Crippen molar-refractivity contribution < 1.29 is 4.74 Å². The summed E-state index contributed by atoms with van der Waals surface area (Å²) in [5, 5.41) is 0. The fraction of sp³-hybridized carbons (Fsp3) is 0.769. The molecule has 0 aromatic carbocycles. The first-order valence-corrected chi connectivity index (χ1v) is 6.69. The summed E-state index contributed by atoms with van der Waals surface area (Å²) >= 11 is 0. The fourth-order valence-corrected chi connectivity index (χ4v) is 2.72. The van der Waals surface area contributed by atoms with E-state index in [4.69, 9.17) is 10.5 Å². The Kier molecular flexibility index (Phi) is 4.18. The number of rotatable bonds is 4. The molecule has 96 valence electrons. The van der Waals surface area contributed by atoms with E-state index in [0.29, 0.717) is 6.54 Å². The first-order chi connectivity index (χ1) is 8.30. The van der Waals surface area contributed by atoms with Crippen LogP contribution in [-0.4, -0.2) is 16.6 Å². The molecule has 2 rings (SSSR count). The summed E-state index contributed by atoms with van der Waals surface area (Å²) in [4.78, 5) is 7.81. The van der Waals surface area contributed by atoms with Crippen LogP contribution in [0.15, 0.2) is 6.20 Å². The maximum Gasteiger partial charge on any atom is 0.138 e. The van der Waals surface area contributed by atoms with Crippen LogP contribution in [0.5, 0.6) is 0 Å². The van der Waals surface area contributed by atoms with Gasteiger partial charge in [0.1, 0.15) is 11.4 Å². The lowest BCUT2D eigenvalue weighted by Crippen LogP contribution is -2.30. The molecule has 1 fully saturated rings. The molecule has 4 heteroatoms. The summed E-state index contributed by atoms with van der Waals surface area (Å²) < 4.78 is 6.06. The molecule has 0 atom stereocenters. The lowest BCUT2D eigenvalue weighted by atomic mass is 9.93. The van der Waals surface area contributed by atoms with Crippen molar-refractivity contribution in [1.29, 1.82) is 0 Å². The van der Waals surface area contributed by atoms with Crippen molar-refractivity contribution in [1.82, 2.24) is 9.97 Å². The lowest BCUT2D eigenvalue weighted by Gasteiger charge is -2.30. The Hall–Kier alpha value is -0.870. The van der Waals surface area contributed by atoms with Gasteiger partial charge in [0.2, 0.25) is 0 Å².